The smallest absolute Gasteiger partial charge is 0.307 e. The van der Waals surface area contributed by atoms with Gasteiger partial charge in [0, 0.05) is 10.7 Å². The van der Waals surface area contributed by atoms with Crippen LogP contribution in [0.2, 0.25) is 5.02 Å². The molecule has 204 valence electrons. The summed E-state index contributed by atoms with van der Waals surface area (Å²) in [6.45, 7) is 0. The Morgan fingerprint density at radius 1 is 1.08 bits per heavy atom. The summed E-state index contributed by atoms with van der Waals surface area (Å²) in [4.78, 5) is 12.4. The van der Waals surface area contributed by atoms with Gasteiger partial charge in [0.15, 0.2) is 10.9 Å². The number of nitrogens with zero attached hydrogens (tertiary/aromatic N) is 3. The monoisotopic (exact) mass is 614 g/mol. The number of nitrogens with one attached hydrogen (secondary N) is 3. The quantitative estimate of drug-likeness (QED) is 0.144. The number of sulfonamides is 1. The van der Waals surface area contributed by atoms with Crippen LogP contribution in [0.15, 0.2) is 81.4 Å². The maximum absolute atomic E-state index is 13.3. The van der Waals surface area contributed by atoms with Crippen molar-refractivity contribution < 1.29 is 26.4 Å². The van der Waals surface area contributed by atoms with Gasteiger partial charge in [-0.25, -0.2) is 14.9 Å². The highest BCUT2D eigenvalue weighted by Gasteiger charge is 2.35. The number of carbonyl (C=O) groups excluding carboxylic acids is 1. The van der Waals surface area contributed by atoms with Crippen LogP contribution in [0.4, 0.5) is 23.7 Å². The molecule has 0 unspecified atom stereocenters. The van der Waals surface area contributed by atoms with Crippen LogP contribution in [-0.4, -0.2) is 35.7 Å². The summed E-state index contributed by atoms with van der Waals surface area (Å²) in [7, 11) is -4.24. The Kier molecular flexibility index (Phi) is 8.54. The van der Waals surface area contributed by atoms with E-state index < -0.39 is 27.9 Å². The van der Waals surface area contributed by atoms with Crippen LogP contribution >= 0.6 is 34.7 Å². The van der Waals surface area contributed by atoms with Crippen LogP contribution in [0.5, 0.6) is 0 Å². The van der Waals surface area contributed by atoms with E-state index in [1.165, 1.54) is 35.6 Å². The van der Waals surface area contributed by atoms with E-state index in [4.69, 9.17) is 11.6 Å². The standard InChI is InChI=1S/C23H18ClF3N6O3S3/c1-37-22(30-29-21(34)28-15-6-4-14(24)5-7-15)32-39(35,36)17-10-8-16(9-11-17)33-18(19-3-2-12-38-19)13-20(31-33)23(25,26)27/h2-13H,1H3,(H,30,32)(H2,28,29,34). The molecule has 0 saturated carbocycles. The number of hydrazine groups is 1. The molecule has 9 nitrogen and oxygen atoms in total. The number of halogens is 4. The number of amidine groups is 1. The van der Waals surface area contributed by atoms with Gasteiger partial charge in [-0.3, -0.25) is 5.43 Å². The van der Waals surface area contributed by atoms with E-state index >= 15 is 0 Å². The van der Waals surface area contributed by atoms with Crippen molar-refractivity contribution in [2.75, 3.05) is 11.6 Å². The fourth-order valence-electron chi connectivity index (χ4n) is 3.15. The predicted molar refractivity (Wildman–Crippen MR) is 147 cm³/mol. The number of hydrogen-bond donors (Lipinski definition) is 3. The Hall–Kier alpha value is -3.53. The molecule has 0 fully saturated rings. The van der Waals surface area contributed by atoms with E-state index in [1.807, 2.05) is 0 Å². The van der Waals surface area contributed by atoms with Gasteiger partial charge in [0.25, 0.3) is 10.0 Å². The zero-order chi connectivity index (χ0) is 28.2. The van der Waals surface area contributed by atoms with Gasteiger partial charge in [-0.15, -0.1) is 15.7 Å². The number of aromatic nitrogens is 2. The first-order valence-electron chi connectivity index (χ1n) is 10.8. The number of amides is 2. The molecule has 2 aromatic carbocycles. The predicted octanol–water partition coefficient (Wildman–Crippen LogP) is 6.01. The Morgan fingerprint density at radius 2 is 1.77 bits per heavy atom. The van der Waals surface area contributed by atoms with Crippen molar-refractivity contribution in [2.45, 2.75) is 11.1 Å². The fourth-order valence-corrected chi connectivity index (χ4v) is 5.60. The third-order valence-electron chi connectivity index (χ3n) is 4.93. The molecular formula is C23H18ClF3N6O3S3. The zero-order valence-corrected chi connectivity index (χ0v) is 22.9. The zero-order valence-electron chi connectivity index (χ0n) is 19.7. The highest BCUT2D eigenvalue weighted by Crippen LogP contribution is 2.35. The maximum Gasteiger partial charge on any atom is 0.435 e. The summed E-state index contributed by atoms with van der Waals surface area (Å²) in [6.07, 6.45) is -3.11. The molecule has 0 bridgehead atoms. The minimum atomic E-state index is -4.66. The van der Waals surface area contributed by atoms with Crippen molar-refractivity contribution in [1.82, 2.24) is 20.6 Å². The molecule has 2 heterocycles. The Morgan fingerprint density at radius 3 is 2.36 bits per heavy atom. The lowest BCUT2D eigenvalue weighted by atomic mass is 10.2. The normalized spacial score (nSPS) is 12.3. The summed E-state index contributed by atoms with van der Waals surface area (Å²) in [5.41, 5.74) is 4.53. The molecule has 0 atom stereocenters. The summed E-state index contributed by atoms with van der Waals surface area (Å²) in [6, 6.07) is 15.0. The van der Waals surface area contributed by atoms with Gasteiger partial charge < -0.3 is 5.32 Å². The molecule has 39 heavy (non-hydrogen) atoms. The van der Waals surface area contributed by atoms with Crippen LogP contribution in [0.1, 0.15) is 5.69 Å². The van der Waals surface area contributed by atoms with E-state index in [-0.39, 0.29) is 21.4 Å². The third-order valence-corrected chi connectivity index (χ3v) is 8.06. The second kappa shape index (κ2) is 11.7. The number of thiophene rings is 1. The highest BCUT2D eigenvalue weighted by atomic mass is 35.5. The molecule has 2 aromatic heterocycles. The molecule has 16 heteroatoms. The first-order valence-corrected chi connectivity index (χ1v) is 14.7. The molecular weight excluding hydrogens is 597 g/mol. The van der Waals surface area contributed by atoms with Crippen molar-refractivity contribution in [3.63, 3.8) is 0 Å². The van der Waals surface area contributed by atoms with Crippen molar-refractivity contribution in [3.05, 3.63) is 82.8 Å². The van der Waals surface area contributed by atoms with Crippen molar-refractivity contribution >= 4 is 61.6 Å². The van der Waals surface area contributed by atoms with E-state index in [9.17, 15) is 26.4 Å². The molecule has 3 N–H and O–H groups in total. The lowest BCUT2D eigenvalue weighted by Crippen LogP contribution is -2.43. The summed E-state index contributed by atoms with van der Waals surface area (Å²) in [5.74, 6) is 0. The summed E-state index contributed by atoms with van der Waals surface area (Å²) < 4.78 is 70.5. The SMILES string of the molecule is CS/C(=N/S(=O)(=O)c1ccc(-n2nc(C(F)(F)F)cc2-c2cccs2)cc1)NNC(=O)Nc1ccc(Cl)cc1. The van der Waals surface area contributed by atoms with Crippen molar-refractivity contribution in [1.29, 1.82) is 0 Å². The molecule has 0 aliphatic rings. The molecule has 0 spiro atoms. The van der Waals surface area contributed by atoms with Gasteiger partial charge in [-0.05, 0) is 72.3 Å². The van der Waals surface area contributed by atoms with Gasteiger partial charge in [-0.2, -0.15) is 26.7 Å². The maximum atomic E-state index is 13.3. The number of alkyl halides is 3. The number of thioether (sulfide) groups is 1. The van der Waals surface area contributed by atoms with Gasteiger partial charge in [0.1, 0.15) is 0 Å². The second-order valence-electron chi connectivity index (χ2n) is 7.58. The van der Waals surface area contributed by atoms with E-state index in [2.05, 4.69) is 25.7 Å². The van der Waals surface area contributed by atoms with Gasteiger partial charge in [-0.1, -0.05) is 29.4 Å². The van der Waals surface area contributed by atoms with Crippen LogP contribution in [0, 0.1) is 0 Å². The second-order valence-corrected chi connectivity index (χ2v) is 11.4. The first-order chi connectivity index (χ1) is 18.5. The summed E-state index contributed by atoms with van der Waals surface area (Å²) >= 11 is 7.98. The molecule has 4 aromatic rings. The fraction of sp³-hybridized carbons (Fsp3) is 0.0870. The molecule has 0 aliphatic carbocycles. The van der Waals surface area contributed by atoms with Crippen LogP contribution in [0.25, 0.3) is 16.3 Å². The van der Waals surface area contributed by atoms with E-state index in [0.717, 1.165) is 22.5 Å². The van der Waals surface area contributed by atoms with Crippen molar-refractivity contribution in [2.24, 2.45) is 4.40 Å². The number of urea groups is 1. The molecule has 0 saturated heterocycles. The van der Waals surface area contributed by atoms with E-state index in [1.54, 1.807) is 48.0 Å². The van der Waals surface area contributed by atoms with Gasteiger partial charge in [0.2, 0.25) is 0 Å². The van der Waals surface area contributed by atoms with E-state index in [0.29, 0.717) is 15.6 Å². The van der Waals surface area contributed by atoms with Crippen molar-refractivity contribution in [3.8, 4) is 16.3 Å². The highest BCUT2D eigenvalue weighted by molar-refractivity contribution is 8.13. The minimum absolute atomic E-state index is 0.132. The lowest BCUT2D eigenvalue weighted by Gasteiger charge is -2.11. The lowest BCUT2D eigenvalue weighted by molar-refractivity contribution is -0.141. The van der Waals surface area contributed by atoms with Crippen LogP contribution in [-0.2, 0) is 16.2 Å². The van der Waals surface area contributed by atoms with Crippen LogP contribution < -0.4 is 16.2 Å². The molecule has 0 radical (unpaired) electrons. The number of hydrogen-bond acceptors (Lipinski definition) is 6. The first kappa shape index (κ1) is 28.5. The Labute approximate surface area is 234 Å². The average Bonchev–Trinajstić information content (AvgIpc) is 3.58. The minimum Gasteiger partial charge on any atom is -0.307 e. The van der Waals surface area contributed by atoms with Crippen LogP contribution in [0.3, 0.4) is 0 Å². The number of anilines is 1. The molecule has 4 rings (SSSR count). The topological polar surface area (TPSA) is 117 Å². The number of benzene rings is 2. The number of rotatable bonds is 5. The van der Waals surface area contributed by atoms with Gasteiger partial charge in [0.05, 0.1) is 21.2 Å². The third kappa shape index (κ3) is 7.11. The largest absolute Gasteiger partial charge is 0.435 e. The Bertz CT molecular complexity index is 1590. The molecule has 0 aliphatic heterocycles. The Balaban J connectivity index is 1.51. The average molecular weight is 615 g/mol. The summed E-state index contributed by atoms with van der Waals surface area (Å²) in [5, 5.41) is 8.30. The number of carbonyl (C=O) groups is 1. The van der Waals surface area contributed by atoms with Gasteiger partial charge >= 0.3 is 12.2 Å². The molecule has 2 amide bonds.